The van der Waals surface area contributed by atoms with E-state index in [0.29, 0.717) is 17.2 Å². The van der Waals surface area contributed by atoms with E-state index in [0.717, 1.165) is 28.6 Å². The van der Waals surface area contributed by atoms with E-state index >= 15 is 0 Å². The van der Waals surface area contributed by atoms with Crippen LogP contribution in [0.4, 0.5) is 5.69 Å². The Bertz CT molecular complexity index is 795. The lowest BCUT2D eigenvalue weighted by molar-refractivity contribution is 0.366. The Labute approximate surface area is 137 Å². The van der Waals surface area contributed by atoms with Crippen molar-refractivity contribution in [1.29, 1.82) is 5.41 Å². The highest BCUT2D eigenvalue weighted by Crippen LogP contribution is 2.41. The number of aliphatic hydroxyl groups excluding tert-OH is 1. The SMILES string of the molecule is N=C1C(c2ccc(Br)cc2)=C(O)[C@H]2CCc3ccccc3N12. The van der Waals surface area contributed by atoms with Crippen LogP contribution in [0.2, 0.25) is 0 Å². The van der Waals surface area contributed by atoms with E-state index in [9.17, 15) is 5.11 Å². The first-order chi connectivity index (χ1) is 10.7. The number of anilines is 1. The average Bonchev–Trinajstić information content (AvgIpc) is 2.80. The standard InChI is InChI=1S/C18H15BrN2O/c19-13-8-5-12(6-9-13)16-17(22)15-10-7-11-3-1-2-4-14(11)21(15)18(16)20/h1-6,8-9,15,20,22H,7,10H2/t15-/m1/s1. The van der Waals surface area contributed by atoms with Crippen LogP contribution < -0.4 is 4.90 Å². The fourth-order valence-corrected chi connectivity index (χ4v) is 3.66. The summed E-state index contributed by atoms with van der Waals surface area (Å²) in [6, 6.07) is 15.8. The van der Waals surface area contributed by atoms with Gasteiger partial charge in [0.2, 0.25) is 0 Å². The largest absolute Gasteiger partial charge is 0.509 e. The summed E-state index contributed by atoms with van der Waals surface area (Å²) in [5.41, 5.74) is 3.82. The number of hydrogen-bond acceptors (Lipinski definition) is 2. The van der Waals surface area contributed by atoms with Crippen LogP contribution in [0.25, 0.3) is 5.57 Å². The number of aryl methyl sites for hydroxylation is 1. The van der Waals surface area contributed by atoms with Gasteiger partial charge in [0, 0.05) is 10.2 Å². The van der Waals surface area contributed by atoms with E-state index in [1.165, 1.54) is 5.56 Å². The molecule has 4 heteroatoms. The summed E-state index contributed by atoms with van der Waals surface area (Å²) in [6.07, 6.45) is 1.77. The van der Waals surface area contributed by atoms with Crippen molar-refractivity contribution in [3.8, 4) is 0 Å². The van der Waals surface area contributed by atoms with E-state index in [-0.39, 0.29) is 6.04 Å². The first kappa shape index (κ1) is 13.6. The second kappa shape index (κ2) is 4.99. The molecular formula is C18H15BrN2O. The number of amidine groups is 1. The number of rotatable bonds is 1. The van der Waals surface area contributed by atoms with E-state index in [2.05, 4.69) is 22.0 Å². The summed E-state index contributed by atoms with van der Waals surface area (Å²) in [4.78, 5) is 1.96. The van der Waals surface area contributed by atoms with Crippen molar-refractivity contribution < 1.29 is 5.11 Å². The smallest absolute Gasteiger partial charge is 0.137 e. The molecule has 1 atom stereocenters. The molecule has 3 nitrogen and oxygen atoms in total. The van der Waals surface area contributed by atoms with Gasteiger partial charge in [0.05, 0.1) is 11.6 Å². The number of nitrogens with zero attached hydrogens (tertiary/aromatic N) is 1. The molecule has 0 radical (unpaired) electrons. The predicted octanol–water partition coefficient (Wildman–Crippen LogP) is 4.53. The van der Waals surface area contributed by atoms with E-state index in [4.69, 9.17) is 5.41 Å². The van der Waals surface area contributed by atoms with Gasteiger partial charge in [-0.25, -0.2) is 0 Å². The Morgan fingerprint density at radius 1 is 1.09 bits per heavy atom. The third kappa shape index (κ3) is 1.91. The molecule has 2 aromatic rings. The quantitative estimate of drug-likeness (QED) is 0.790. The summed E-state index contributed by atoms with van der Waals surface area (Å²) in [5.74, 6) is 0.707. The van der Waals surface area contributed by atoms with Crippen LogP contribution in [0.3, 0.4) is 0 Å². The highest BCUT2D eigenvalue weighted by molar-refractivity contribution is 9.10. The second-order valence-electron chi connectivity index (χ2n) is 5.67. The molecule has 2 heterocycles. The minimum atomic E-state index is -0.110. The molecule has 0 unspecified atom stereocenters. The monoisotopic (exact) mass is 354 g/mol. The summed E-state index contributed by atoms with van der Waals surface area (Å²) in [6.45, 7) is 0. The lowest BCUT2D eigenvalue weighted by Crippen LogP contribution is -2.39. The molecule has 0 aromatic heterocycles. The lowest BCUT2D eigenvalue weighted by Gasteiger charge is -2.33. The molecule has 2 aromatic carbocycles. The number of nitrogens with one attached hydrogen (secondary N) is 1. The zero-order valence-electron chi connectivity index (χ0n) is 11.9. The van der Waals surface area contributed by atoms with Crippen LogP contribution in [0, 0.1) is 5.41 Å². The zero-order valence-corrected chi connectivity index (χ0v) is 13.5. The first-order valence-corrected chi connectivity index (χ1v) is 8.11. The molecule has 2 aliphatic heterocycles. The van der Waals surface area contributed by atoms with Gasteiger partial charge in [-0.15, -0.1) is 0 Å². The van der Waals surface area contributed by atoms with Crippen LogP contribution in [0.15, 0.2) is 58.8 Å². The van der Waals surface area contributed by atoms with E-state index < -0.39 is 0 Å². The van der Waals surface area contributed by atoms with Crippen molar-refractivity contribution in [1.82, 2.24) is 0 Å². The minimum absolute atomic E-state index is 0.110. The van der Waals surface area contributed by atoms with Crippen LogP contribution in [0.5, 0.6) is 0 Å². The third-order valence-electron chi connectivity index (χ3n) is 4.43. The molecule has 2 N–H and O–H groups in total. The van der Waals surface area contributed by atoms with Crippen molar-refractivity contribution in [3.63, 3.8) is 0 Å². The summed E-state index contributed by atoms with van der Waals surface area (Å²) >= 11 is 3.42. The van der Waals surface area contributed by atoms with Crippen molar-refractivity contribution in [2.75, 3.05) is 4.90 Å². The molecule has 22 heavy (non-hydrogen) atoms. The highest BCUT2D eigenvalue weighted by Gasteiger charge is 2.41. The van der Waals surface area contributed by atoms with Gasteiger partial charge in [-0.3, -0.25) is 5.41 Å². The molecule has 0 amide bonds. The molecule has 0 saturated carbocycles. The first-order valence-electron chi connectivity index (χ1n) is 7.32. The van der Waals surface area contributed by atoms with Gasteiger partial charge in [0.25, 0.3) is 0 Å². The number of para-hydroxylation sites is 1. The molecule has 4 rings (SSSR count). The van der Waals surface area contributed by atoms with Gasteiger partial charge in [-0.1, -0.05) is 46.3 Å². The second-order valence-corrected chi connectivity index (χ2v) is 6.58. The molecule has 0 fully saturated rings. The topological polar surface area (TPSA) is 47.3 Å². The van der Waals surface area contributed by atoms with Gasteiger partial charge in [-0.05, 0) is 42.2 Å². The number of benzene rings is 2. The van der Waals surface area contributed by atoms with Gasteiger partial charge in [0.1, 0.15) is 11.6 Å². The maximum Gasteiger partial charge on any atom is 0.137 e. The normalized spacial score (nSPS) is 20.1. The Morgan fingerprint density at radius 2 is 1.82 bits per heavy atom. The van der Waals surface area contributed by atoms with Crippen LogP contribution in [-0.4, -0.2) is 17.0 Å². The Morgan fingerprint density at radius 3 is 2.59 bits per heavy atom. The average molecular weight is 355 g/mol. The van der Waals surface area contributed by atoms with Crippen molar-refractivity contribution in [2.45, 2.75) is 18.9 Å². The van der Waals surface area contributed by atoms with Gasteiger partial charge >= 0.3 is 0 Å². The fourth-order valence-electron chi connectivity index (χ4n) is 3.39. The Kier molecular flexibility index (Phi) is 3.08. The molecule has 0 spiro atoms. The zero-order chi connectivity index (χ0) is 15.3. The molecule has 2 aliphatic rings. The van der Waals surface area contributed by atoms with Gasteiger partial charge in [0.15, 0.2) is 0 Å². The molecule has 110 valence electrons. The van der Waals surface area contributed by atoms with Gasteiger partial charge < -0.3 is 10.0 Å². The third-order valence-corrected chi connectivity index (χ3v) is 4.96. The number of aliphatic hydroxyl groups is 1. The van der Waals surface area contributed by atoms with Crippen LogP contribution in [-0.2, 0) is 6.42 Å². The van der Waals surface area contributed by atoms with Crippen LogP contribution >= 0.6 is 15.9 Å². The van der Waals surface area contributed by atoms with Gasteiger partial charge in [-0.2, -0.15) is 0 Å². The number of hydrogen-bond donors (Lipinski definition) is 2. The van der Waals surface area contributed by atoms with E-state index in [1.807, 2.05) is 47.4 Å². The van der Waals surface area contributed by atoms with E-state index in [1.54, 1.807) is 0 Å². The number of fused-ring (bicyclic) bond motifs is 3. The number of halogens is 1. The maximum atomic E-state index is 10.7. The Balaban J connectivity index is 1.82. The predicted molar refractivity (Wildman–Crippen MR) is 92.4 cm³/mol. The summed E-state index contributed by atoms with van der Waals surface area (Å²) in [7, 11) is 0. The summed E-state index contributed by atoms with van der Waals surface area (Å²) in [5, 5.41) is 19.3. The minimum Gasteiger partial charge on any atom is -0.509 e. The van der Waals surface area contributed by atoms with Crippen molar-refractivity contribution in [2.24, 2.45) is 0 Å². The van der Waals surface area contributed by atoms with Crippen LogP contribution in [0.1, 0.15) is 17.5 Å². The lowest BCUT2D eigenvalue weighted by atomic mass is 9.96. The van der Waals surface area contributed by atoms with Crippen molar-refractivity contribution >= 4 is 33.0 Å². The molecular weight excluding hydrogens is 340 g/mol. The molecule has 0 aliphatic carbocycles. The summed E-state index contributed by atoms with van der Waals surface area (Å²) < 4.78 is 0.990. The molecule has 0 bridgehead atoms. The Hall–Kier alpha value is -2.07. The highest BCUT2D eigenvalue weighted by atomic mass is 79.9. The molecule has 0 saturated heterocycles. The fraction of sp³-hybridized carbons (Fsp3) is 0.167. The maximum absolute atomic E-state index is 10.7. The van der Waals surface area contributed by atoms with Crippen molar-refractivity contribution in [3.05, 3.63) is 69.9 Å².